The van der Waals surface area contributed by atoms with Crippen LogP contribution in [0.3, 0.4) is 0 Å². The van der Waals surface area contributed by atoms with Crippen LogP contribution in [-0.4, -0.2) is 32.1 Å². The normalized spacial score (nSPS) is 10.1. The first kappa shape index (κ1) is 19.1. The predicted octanol–water partition coefficient (Wildman–Crippen LogP) is 1.72. The van der Waals surface area contributed by atoms with Crippen molar-refractivity contribution in [2.24, 2.45) is 0 Å². The van der Waals surface area contributed by atoms with E-state index in [9.17, 15) is 9.59 Å². The van der Waals surface area contributed by atoms with Crippen molar-refractivity contribution in [3.63, 3.8) is 0 Å². The van der Waals surface area contributed by atoms with Crippen molar-refractivity contribution in [1.29, 1.82) is 0 Å². The molecule has 2 aromatic carbocycles. The van der Waals surface area contributed by atoms with E-state index in [1.165, 1.54) is 7.11 Å². The van der Waals surface area contributed by atoms with E-state index < -0.39 is 0 Å². The first-order chi connectivity index (χ1) is 12.5. The summed E-state index contributed by atoms with van der Waals surface area (Å²) >= 11 is 0. The summed E-state index contributed by atoms with van der Waals surface area (Å²) in [7, 11) is 1.52. The van der Waals surface area contributed by atoms with Gasteiger partial charge in [-0.25, -0.2) is 0 Å². The highest BCUT2D eigenvalue weighted by Gasteiger charge is 2.11. The average Bonchev–Trinajstić information content (AvgIpc) is 2.65. The quantitative estimate of drug-likeness (QED) is 0.624. The number of nitrogens with one attached hydrogen (secondary N) is 2. The second-order valence-electron chi connectivity index (χ2n) is 5.50. The topological polar surface area (TPSA) is 103 Å². The third-order valence-electron chi connectivity index (χ3n) is 3.62. The molecule has 0 fully saturated rings. The number of carbonyl (C=O) groups excluding carboxylic acids is 2. The van der Waals surface area contributed by atoms with Crippen LogP contribution in [0, 0.1) is 0 Å². The molecular formula is C19H23N3O4. The summed E-state index contributed by atoms with van der Waals surface area (Å²) in [5, 5.41) is 5.47. The molecule has 0 atom stereocenters. The van der Waals surface area contributed by atoms with E-state index in [2.05, 4.69) is 10.6 Å². The van der Waals surface area contributed by atoms with Crippen molar-refractivity contribution in [1.82, 2.24) is 10.6 Å². The van der Waals surface area contributed by atoms with Crippen LogP contribution in [0.5, 0.6) is 11.5 Å². The van der Waals surface area contributed by atoms with Crippen molar-refractivity contribution < 1.29 is 19.1 Å². The molecular weight excluding hydrogens is 334 g/mol. The van der Waals surface area contributed by atoms with E-state index in [-0.39, 0.29) is 18.4 Å². The van der Waals surface area contributed by atoms with Gasteiger partial charge in [0.2, 0.25) is 0 Å². The molecule has 4 N–H and O–H groups in total. The maximum atomic E-state index is 12.2. The molecule has 7 heteroatoms. The number of para-hydroxylation sites is 1. The van der Waals surface area contributed by atoms with Crippen LogP contribution in [0.2, 0.25) is 0 Å². The summed E-state index contributed by atoms with van der Waals surface area (Å²) in [4.78, 5) is 23.7. The number of ether oxygens (including phenoxy) is 2. The molecule has 0 aliphatic heterocycles. The fourth-order valence-electron chi connectivity index (χ4n) is 2.31. The predicted molar refractivity (Wildman–Crippen MR) is 99.2 cm³/mol. The number of hydrogen-bond acceptors (Lipinski definition) is 5. The third-order valence-corrected chi connectivity index (χ3v) is 3.62. The van der Waals surface area contributed by atoms with E-state index in [1.807, 2.05) is 6.92 Å². The molecule has 26 heavy (non-hydrogen) atoms. The molecule has 7 nitrogen and oxygen atoms in total. The maximum Gasteiger partial charge on any atom is 0.257 e. The molecule has 0 aliphatic carbocycles. The third kappa shape index (κ3) is 5.14. The van der Waals surface area contributed by atoms with Crippen LogP contribution < -0.4 is 25.8 Å². The Kier molecular flexibility index (Phi) is 6.84. The van der Waals surface area contributed by atoms with Gasteiger partial charge in [-0.05, 0) is 36.8 Å². The summed E-state index contributed by atoms with van der Waals surface area (Å²) in [6.07, 6.45) is 0. The number of carbonyl (C=O) groups is 2. The highest BCUT2D eigenvalue weighted by atomic mass is 16.5. The number of anilines is 1. The van der Waals surface area contributed by atoms with Gasteiger partial charge in [-0.3, -0.25) is 9.59 Å². The zero-order valence-corrected chi connectivity index (χ0v) is 14.9. The van der Waals surface area contributed by atoms with Crippen molar-refractivity contribution >= 4 is 17.5 Å². The van der Waals surface area contributed by atoms with Gasteiger partial charge in [0.15, 0.2) is 18.1 Å². The number of methoxy groups -OCH3 is 1. The van der Waals surface area contributed by atoms with Crippen LogP contribution >= 0.6 is 0 Å². The second kappa shape index (κ2) is 9.31. The van der Waals surface area contributed by atoms with Crippen molar-refractivity contribution in [3.8, 4) is 11.5 Å². The Morgan fingerprint density at radius 2 is 1.85 bits per heavy atom. The molecule has 2 rings (SSSR count). The fourth-order valence-corrected chi connectivity index (χ4v) is 2.31. The highest BCUT2D eigenvalue weighted by Crippen LogP contribution is 2.28. The zero-order valence-electron chi connectivity index (χ0n) is 14.9. The van der Waals surface area contributed by atoms with Crippen LogP contribution in [-0.2, 0) is 11.3 Å². The van der Waals surface area contributed by atoms with Crippen LogP contribution in [0.1, 0.15) is 22.8 Å². The Morgan fingerprint density at radius 3 is 2.54 bits per heavy atom. The van der Waals surface area contributed by atoms with Crippen LogP contribution in [0.4, 0.5) is 5.69 Å². The maximum absolute atomic E-state index is 12.2. The lowest BCUT2D eigenvalue weighted by Crippen LogP contribution is -2.28. The molecule has 138 valence electrons. The Labute approximate surface area is 152 Å². The Bertz CT molecular complexity index is 777. The molecule has 0 spiro atoms. The number of likely N-dealkylation sites (N-methyl/N-ethyl adjacent to an activating group) is 1. The molecule has 2 aromatic rings. The van der Waals surface area contributed by atoms with E-state index >= 15 is 0 Å². The van der Waals surface area contributed by atoms with E-state index in [4.69, 9.17) is 15.2 Å². The molecule has 0 radical (unpaired) electrons. The number of nitrogens with two attached hydrogens (primary N) is 1. The van der Waals surface area contributed by atoms with Gasteiger partial charge >= 0.3 is 0 Å². The molecule has 0 bridgehead atoms. The number of rotatable bonds is 8. The Morgan fingerprint density at radius 1 is 1.08 bits per heavy atom. The molecule has 0 unspecified atom stereocenters. The number of amides is 2. The van der Waals surface area contributed by atoms with Gasteiger partial charge in [-0.1, -0.05) is 18.2 Å². The first-order valence-electron chi connectivity index (χ1n) is 8.24. The summed E-state index contributed by atoms with van der Waals surface area (Å²) in [6, 6.07) is 12.1. The molecule has 0 saturated heterocycles. The Hall–Kier alpha value is -3.22. The van der Waals surface area contributed by atoms with Gasteiger partial charge in [0.05, 0.1) is 12.7 Å². The molecule has 0 aromatic heterocycles. The van der Waals surface area contributed by atoms with Crippen molar-refractivity contribution in [3.05, 3.63) is 53.6 Å². The average molecular weight is 357 g/mol. The lowest BCUT2D eigenvalue weighted by atomic mass is 10.1. The van der Waals surface area contributed by atoms with Crippen LogP contribution in [0.15, 0.2) is 42.5 Å². The Balaban J connectivity index is 1.99. The number of benzene rings is 2. The molecule has 0 aliphatic rings. The van der Waals surface area contributed by atoms with E-state index in [0.717, 1.165) is 5.56 Å². The zero-order chi connectivity index (χ0) is 18.9. The summed E-state index contributed by atoms with van der Waals surface area (Å²) in [6.45, 7) is 2.60. The van der Waals surface area contributed by atoms with Crippen molar-refractivity contribution in [2.45, 2.75) is 13.5 Å². The highest BCUT2D eigenvalue weighted by molar-refractivity contribution is 5.99. The lowest BCUT2D eigenvalue weighted by molar-refractivity contribution is -0.123. The first-order valence-corrected chi connectivity index (χ1v) is 8.24. The number of hydrogen-bond donors (Lipinski definition) is 3. The van der Waals surface area contributed by atoms with Gasteiger partial charge in [-0.15, -0.1) is 0 Å². The fraction of sp³-hybridized carbons (Fsp3) is 0.263. The smallest absolute Gasteiger partial charge is 0.257 e. The van der Waals surface area contributed by atoms with Gasteiger partial charge in [0.1, 0.15) is 0 Å². The van der Waals surface area contributed by atoms with E-state index in [0.29, 0.717) is 35.8 Å². The lowest BCUT2D eigenvalue weighted by Gasteiger charge is -2.13. The monoisotopic (exact) mass is 357 g/mol. The van der Waals surface area contributed by atoms with Gasteiger partial charge in [-0.2, -0.15) is 0 Å². The summed E-state index contributed by atoms with van der Waals surface area (Å²) in [5.74, 6) is 0.492. The minimum absolute atomic E-state index is 0.0897. The van der Waals surface area contributed by atoms with Crippen molar-refractivity contribution in [2.75, 3.05) is 26.0 Å². The SMILES string of the molecule is CCNC(=O)COc1ccc(CNC(=O)c2ccccc2N)cc1OC. The molecule has 0 heterocycles. The molecule has 0 saturated carbocycles. The number of nitrogen functional groups attached to an aromatic ring is 1. The second-order valence-corrected chi connectivity index (χ2v) is 5.50. The van der Waals surface area contributed by atoms with Crippen LogP contribution in [0.25, 0.3) is 0 Å². The largest absolute Gasteiger partial charge is 0.493 e. The minimum atomic E-state index is -0.251. The van der Waals surface area contributed by atoms with Gasteiger partial charge in [0.25, 0.3) is 11.8 Å². The summed E-state index contributed by atoms with van der Waals surface area (Å²) < 4.78 is 10.8. The van der Waals surface area contributed by atoms with Gasteiger partial charge in [0, 0.05) is 18.8 Å². The van der Waals surface area contributed by atoms with E-state index in [1.54, 1.807) is 42.5 Å². The van der Waals surface area contributed by atoms with Gasteiger partial charge < -0.3 is 25.8 Å². The minimum Gasteiger partial charge on any atom is -0.493 e. The standard InChI is InChI=1S/C19H23N3O4/c1-3-21-18(23)12-26-16-9-8-13(10-17(16)25-2)11-22-19(24)14-6-4-5-7-15(14)20/h4-10H,3,11-12,20H2,1-2H3,(H,21,23)(H,22,24). The molecule has 2 amide bonds. The summed E-state index contributed by atoms with van der Waals surface area (Å²) in [5.41, 5.74) is 7.49.